The average Bonchev–Trinajstić information content (AvgIpc) is 2.08. The second-order valence-corrected chi connectivity index (χ2v) is 4.60. The molecule has 0 fully saturated rings. The van der Waals surface area contributed by atoms with Crippen molar-refractivity contribution in [3.63, 3.8) is 0 Å². The Morgan fingerprint density at radius 3 is 2.62 bits per heavy atom. The minimum absolute atomic E-state index is 0.201. The van der Waals surface area contributed by atoms with Gasteiger partial charge in [-0.25, -0.2) is 4.79 Å². The number of benzene rings is 1. The van der Waals surface area contributed by atoms with Crippen LogP contribution in [0.15, 0.2) is 18.2 Å². The van der Waals surface area contributed by atoms with Crippen molar-refractivity contribution in [3.8, 4) is 5.75 Å². The van der Waals surface area contributed by atoms with Crippen LogP contribution in [0.4, 0.5) is 4.79 Å². The Labute approximate surface area is 94.9 Å². The number of carbonyl (C=O) groups is 1. The lowest BCUT2D eigenvalue weighted by atomic mass is 9.92. The van der Waals surface area contributed by atoms with Gasteiger partial charge in [0.05, 0.1) is 0 Å². The summed E-state index contributed by atoms with van der Waals surface area (Å²) < 4.78 is 0. The fourth-order valence-corrected chi connectivity index (χ4v) is 1.66. The van der Waals surface area contributed by atoms with Crippen LogP contribution in [0.1, 0.15) is 25.0 Å². The third-order valence-corrected chi connectivity index (χ3v) is 2.41. The highest BCUT2D eigenvalue weighted by atomic mass is 16.4. The van der Waals surface area contributed by atoms with Crippen molar-refractivity contribution in [3.05, 3.63) is 29.3 Å². The number of hydrogen-bond acceptors (Lipinski definition) is 2. The zero-order valence-electron chi connectivity index (χ0n) is 9.74. The summed E-state index contributed by atoms with van der Waals surface area (Å²) in [4.78, 5) is 10.6. The maximum absolute atomic E-state index is 10.6. The molecule has 0 aliphatic rings. The first-order valence-electron chi connectivity index (χ1n) is 5.10. The van der Waals surface area contributed by atoms with Crippen LogP contribution in [0.2, 0.25) is 0 Å². The van der Waals surface area contributed by atoms with Crippen molar-refractivity contribution >= 4 is 6.09 Å². The molecular formula is C12H17NO3. The van der Waals surface area contributed by atoms with E-state index in [4.69, 9.17) is 5.11 Å². The lowest BCUT2D eigenvalue weighted by Gasteiger charge is -2.25. The smallest absolute Gasteiger partial charge is 0.405 e. The molecule has 0 bridgehead atoms. The van der Waals surface area contributed by atoms with Crippen LogP contribution in [0, 0.1) is 6.92 Å². The fraction of sp³-hybridized carbons (Fsp3) is 0.417. The summed E-state index contributed by atoms with van der Waals surface area (Å²) >= 11 is 0. The third kappa shape index (κ3) is 3.46. The number of hydrogen-bond donors (Lipinski definition) is 3. The van der Waals surface area contributed by atoms with Crippen LogP contribution >= 0.6 is 0 Å². The zero-order chi connectivity index (χ0) is 12.3. The Kier molecular flexibility index (Phi) is 3.42. The van der Waals surface area contributed by atoms with Crippen LogP contribution in [0.3, 0.4) is 0 Å². The highest BCUT2D eigenvalue weighted by Crippen LogP contribution is 2.20. The highest BCUT2D eigenvalue weighted by Gasteiger charge is 2.21. The summed E-state index contributed by atoms with van der Waals surface area (Å²) in [6.07, 6.45) is -0.498. The Morgan fingerprint density at radius 1 is 1.44 bits per heavy atom. The molecule has 1 aromatic carbocycles. The minimum atomic E-state index is -1.04. The topological polar surface area (TPSA) is 69.6 Å². The minimum Gasteiger partial charge on any atom is -0.508 e. The van der Waals surface area contributed by atoms with Gasteiger partial charge >= 0.3 is 6.09 Å². The first kappa shape index (κ1) is 12.4. The van der Waals surface area contributed by atoms with Gasteiger partial charge in [0, 0.05) is 5.54 Å². The quantitative estimate of drug-likeness (QED) is 0.736. The second-order valence-electron chi connectivity index (χ2n) is 4.60. The molecule has 4 nitrogen and oxygen atoms in total. The van der Waals surface area contributed by atoms with Crippen LogP contribution in [-0.4, -0.2) is 21.8 Å². The second kappa shape index (κ2) is 4.43. The van der Waals surface area contributed by atoms with Gasteiger partial charge in [0.1, 0.15) is 5.75 Å². The molecule has 0 aliphatic heterocycles. The molecule has 0 atom stereocenters. The number of phenols is 1. The Hall–Kier alpha value is -1.71. The van der Waals surface area contributed by atoms with Gasteiger partial charge in [0.15, 0.2) is 0 Å². The SMILES string of the molecule is Cc1ccc(O)cc1CC(C)(C)NC(=O)O. The molecule has 0 radical (unpaired) electrons. The fourth-order valence-electron chi connectivity index (χ4n) is 1.66. The number of rotatable bonds is 3. The molecule has 0 saturated heterocycles. The first-order valence-corrected chi connectivity index (χ1v) is 5.10. The van der Waals surface area contributed by atoms with Crippen molar-refractivity contribution in [1.82, 2.24) is 5.32 Å². The molecule has 0 spiro atoms. The maximum Gasteiger partial charge on any atom is 0.405 e. The standard InChI is InChI=1S/C12H17NO3/c1-8-4-5-10(14)6-9(8)7-12(2,3)13-11(15)16/h4-6,13-14H,7H2,1-3H3,(H,15,16). The average molecular weight is 223 g/mol. The van der Waals surface area contributed by atoms with E-state index in [1.165, 1.54) is 0 Å². The van der Waals surface area contributed by atoms with Gasteiger partial charge in [0.2, 0.25) is 0 Å². The molecule has 16 heavy (non-hydrogen) atoms. The number of aromatic hydroxyl groups is 1. The van der Waals surface area contributed by atoms with Crippen LogP contribution < -0.4 is 5.32 Å². The van der Waals surface area contributed by atoms with Gasteiger partial charge in [-0.3, -0.25) is 0 Å². The largest absolute Gasteiger partial charge is 0.508 e. The molecule has 88 valence electrons. The van der Waals surface area contributed by atoms with E-state index in [-0.39, 0.29) is 5.75 Å². The van der Waals surface area contributed by atoms with Crippen molar-refractivity contribution in [1.29, 1.82) is 0 Å². The van der Waals surface area contributed by atoms with Crippen LogP contribution in [0.25, 0.3) is 0 Å². The maximum atomic E-state index is 10.6. The molecule has 3 N–H and O–H groups in total. The van der Waals surface area contributed by atoms with E-state index in [1.807, 2.05) is 26.8 Å². The van der Waals surface area contributed by atoms with E-state index in [9.17, 15) is 9.90 Å². The summed E-state index contributed by atoms with van der Waals surface area (Å²) in [7, 11) is 0. The van der Waals surface area contributed by atoms with Gasteiger partial charge in [-0.2, -0.15) is 0 Å². The van der Waals surface area contributed by atoms with Crippen molar-refractivity contribution in [2.24, 2.45) is 0 Å². The zero-order valence-corrected chi connectivity index (χ0v) is 9.74. The van der Waals surface area contributed by atoms with Crippen LogP contribution in [0.5, 0.6) is 5.75 Å². The Morgan fingerprint density at radius 2 is 2.06 bits per heavy atom. The summed E-state index contributed by atoms with van der Waals surface area (Å²) in [6, 6.07) is 5.11. The third-order valence-electron chi connectivity index (χ3n) is 2.41. The molecule has 0 unspecified atom stereocenters. The van der Waals surface area contributed by atoms with E-state index in [0.29, 0.717) is 6.42 Å². The van der Waals surface area contributed by atoms with E-state index in [0.717, 1.165) is 11.1 Å². The Bertz CT molecular complexity index is 399. The number of carboxylic acid groups (broad SMARTS) is 1. The summed E-state index contributed by atoms with van der Waals surface area (Å²) in [5, 5.41) is 20.5. The first-order chi connectivity index (χ1) is 7.30. The molecule has 0 saturated carbocycles. The Balaban J connectivity index is 2.86. The molecule has 0 heterocycles. The van der Waals surface area contributed by atoms with E-state index >= 15 is 0 Å². The molecule has 1 aromatic rings. The highest BCUT2D eigenvalue weighted by molar-refractivity contribution is 5.65. The summed E-state index contributed by atoms with van der Waals surface area (Å²) in [6.45, 7) is 5.56. The van der Waals surface area contributed by atoms with Crippen molar-refractivity contribution in [2.45, 2.75) is 32.7 Å². The predicted octanol–water partition coefficient (Wildman–Crippen LogP) is 2.29. The summed E-state index contributed by atoms with van der Waals surface area (Å²) in [5.41, 5.74) is 1.43. The molecular weight excluding hydrogens is 206 g/mol. The molecule has 0 aromatic heterocycles. The summed E-state index contributed by atoms with van der Waals surface area (Å²) in [5.74, 6) is 0.201. The monoisotopic (exact) mass is 223 g/mol. The molecule has 1 amide bonds. The van der Waals surface area contributed by atoms with E-state index in [1.54, 1.807) is 12.1 Å². The number of phenolic OH excluding ortho intramolecular Hbond substituents is 1. The molecule has 4 heteroatoms. The number of aryl methyl sites for hydroxylation is 1. The number of amides is 1. The van der Waals surface area contributed by atoms with E-state index in [2.05, 4.69) is 5.32 Å². The van der Waals surface area contributed by atoms with Crippen LogP contribution in [-0.2, 0) is 6.42 Å². The normalized spacial score (nSPS) is 11.2. The van der Waals surface area contributed by atoms with Crippen molar-refractivity contribution in [2.75, 3.05) is 0 Å². The lowest BCUT2D eigenvalue weighted by Crippen LogP contribution is -2.44. The van der Waals surface area contributed by atoms with Gasteiger partial charge in [0.25, 0.3) is 0 Å². The van der Waals surface area contributed by atoms with Gasteiger partial charge in [-0.1, -0.05) is 6.07 Å². The number of nitrogens with one attached hydrogen (secondary N) is 1. The van der Waals surface area contributed by atoms with Gasteiger partial charge in [-0.05, 0) is 50.5 Å². The van der Waals surface area contributed by atoms with Gasteiger partial charge in [-0.15, -0.1) is 0 Å². The molecule has 1 rings (SSSR count). The lowest BCUT2D eigenvalue weighted by molar-refractivity contribution is 0.182. The van der Waals surface area contributed by atoms with Crippen molar-refractivity contribution < 1.29 is 15.0 Å². The molecule has 0 aliphatic carbocycles. The van der Waals surface area contributed by atoms with E-state index < -0.39 is 11.6 Å². The predicted molar refractivity (Wildman–Crippen MR) is 61.8 cm³/mol. The van der Waals surface area contributed by atoms with Gasteiger partial charge < -0.3 is 15.5 Å².